The molecule has 0 spiro atoms. The molecule has 1 fully saturated rings. The predicted molar refractivity (Wildman–Crippen MR) is 124 cm³/mol. The molecule has 1 saturated heterocycles. The minimum absolute atomic E-state index is 0.0521. The van der Waals surface area contributed by atoms with Gasteiger partial charge in [-0.2, -0.15) is 0 Å². The molecular formula is C26H29N3O3. The number of hydrogen-bond acceptors (Lipinski definition) is 5. The number of hydrogen-bond donors (Lipinski definition) is 0. The van der Waals surface area contributed by atoms with E-state index < -0.39 is 0 Å². The van der Waals surface area contributed by atoms with Crippen molar-refractivity contribution in [2.45, 2.75) is 20.1 Å². The molecule has 1 amide bonds. The number of aromatic nitrogens is 1. The fraction of sp³-hybridized carbons (Fsp3) is 0.308. The van der Waals surface area contributed by atoms with Gasteiger partial charge in [-0.1, -0.05) is 36.4 Å². The maximum absolute atomic E-state index is 12.6. The first-order valence-electron chi connectivity index (χ1n) is 11.1. The molecule has 1 aromatic heterocycles. The Morgan fingerprint density at radius 3 is 2.44 bits per heavy atom. The quantitative estimate of drug-likeness (QED) is 0.539. The van der Waals surface area contributed by atoms with E-state index in [0.717, 1.165) is 36.7 Å². The number of carbonyl (C=O) groups excluding carboxylic acids is 1. The van der Waals surface area contributed by atoms with Crippen molar-refractivity contribution in [2.24, 2.45) is 0 Å². The van der Waals surface area contributed by atoms with E-state index in [-0.39, 0.29) is 5.91 Å². The number of nitrogens with zero attached hydrogens (tertiary/aromatic N) is 3. The third-order valence-electron chi connectivity index (χ3n) is 5.52. The molecule has 1 aliphatic rings. The van der Waals surface area contributed by atoms with Crippen molar-refractivity contribution >= 4 is 5.91 Å². The Balaban J connectivity index is 1.34. The SMILES string of the molecule is CCOc1cc(CN2CCN(C(=O)c3cccnc3)CC2)ccc1OCc1ccccc1. The van der Waals surface area contributed by atoms with Gasteiger partial charge in [0.2, 0.25) is 0 Å². The van der Waals surface area contributed by atoms with Crippen LogP contribution in [0.4, 0.5) is 0 Å². The van der Waals surface area contributed by atoms with Crippen molar-refractivity contribution in [1.29, 1.82) is 0 Å². The number of ether oxygens (including phenoxy) is 2. The second-order valence-corrected chi connectivity index (χ2v) is 7.80. The lowest BCUT2D eigenvalue weighted by Gasteiger charge is -2.34. The summed E-state index contributed by atoms with van der Waals surface area (Å²) in [6.45, 7) is 6.98. The first-order valence-corrected chi connectivity index (χ1v) is 11.1. The normalized spacial score (nSPS) is 14.2. The number of piperazine rings is 1. The zero-order valence-corrected chi connectivity index (χ0v) is 18.4. The van der Waals surface area contributed by atoms with Crippen molar-refractivity contribution in [2.75, 3.05) is 32.8 Å². The highest BCUT2D eigenvalue weighted by atomic mass is 16.5. The molecule has 3 aromatic rings. The van der Waals surface area contributed by atoms with Crippen molar-refractivity contribution < 1.29 is 14.3 Å². The Hall–Kier alpha value is -3.38. The molecule has 2 aromatic carbocycles. The van der Waals surface area contributed by atoms with Gasteiger partial charge in [0.05, 0.1) is 12.2 Å². The maximum Gasteiger partial charge on any atom is 0.255 e. The second-order valence-electron chi connectivity index (χ2n) is 7.80. The van der Waals surface area contributed by atoms with Crippen LogP contribution in [0.1, 0.15) is 28.4 Å². The first kappa shape index (κ1) is 21.8. The van der Waals surface area contributed by atoms with Gasteiger partial charge in [-0.15, -0.1) is 0 Å². The van der Waals surface area contributed by atoms with Crippen LogP contribution in [0.5, 0.6) is 11.5 Å². The number of benzene rings is 2. The molecule has 0 bridgehead atoms. The fourth-order valence-electron chi connectivity index (χ4n) is 3.81. The number of carbonyl (C=O) groups is 1. The monoisotopic (exact) mass is 431 g/mol. The molecule has 166 valence electrons. The molecule has 0 saturated carbocycles. The van der Waals surface area contributed by atoms with Crippen LogP contribution in [-0.4, -0.2) is 53.5 Å². The molecule has 6 heteroatoms. The van der Waals surface area contributed by atoms with Crippen LogP contribution in [0.15, 0.2) is 73.1 Å². The van der Waals surface area contributed by atoms with Gasteiger partial charge in [0.15, 0.2) is 11.5 Å². The summed E-state index contributed by atoms with van der Waals surface area (Å²) >= 11 is 0. The van der Waals surface area contributed by atoms with Gasteiger partial charge in [0, 0.05) is 45.1 Å². The lowest BCUT2D eigenvalue weighted by atomic mass is 10.1. The van der Waals surface area contributed by atoms with Gasteiger partial charge in [-0.05, 0) is 42.3 Å². The Morgan fingerprint density at radius 1 is 0.906 bits per heavy atom. The second kappa shape index (κ2) is 10.8. The van der Waals surface area contributed by atoms with Crippen LogP contribution in [0.25, 0.3) is 0 Å². The van der Waals surface area contributed by atoms with Crippen molar-refractivity contribution in [3.63, 3.8) is 0 Å². The smallest absolute Gasteiger partial charge is 0.255 e. The summed E-state index contributed by atoms with van der Waals surface area (Å²) in [4.78, 5) is 20.9. The fourth-order valence-corrected chi connectivity index (χ4v) is 3.81. The van der Waals surface area contributed by atoms with Crippen LogP contribution in [0, 0.1) is 0 Å². The Bertz CT molecular complexity index is 1000. The molecular weight excluding hydrogens is 402 g/mol. The van der Waals surface area contributed by atoms with Gasteiger partial charge in [-0.25, -0.2) is 0 Å². The van der Waals surface area contributed by atoms with Crippen LogP contribution in [0.3, 0.4) is 0 Å². The van der Waals surface area contributed by atoms with Crippen LogP contribution >= 0.6 is 0 Å². The zero-order chi connectivity index (χ0) is 22.2. The first-order chi connectivity index (χ1) is 15.7. The minimum atomic E-state index is 0.0521. The summed E-state index contributed by atoms with van der Waals surface area (Å²) in [5.74, 6) is 1.58. The number of amides is 1. The number of rotatable bonds is 8. The molecule has 0 radical (unpaired) electrons. The van der Waals surface area contributed by atoms with E-state index in [4.69, 9.17) is 9.47 Å². The van der Waals surface area contributed by atoms with Crippen molar-refractivity contribution in [1.82, 2.24) is 14.8 Å². The van der Waals surface area contributed by atoms with E-state index in [0.29, 0.717) is 31.9 Å². The van der Waals surface area contributed by atoms with E-state index in [1.54, 1.807) is 18.5 Å². The maximum atomic E-state index is 12.6. The molecule has 6 nitrogen and oxygen atoms in total. The summed E-state index contributed by atoms with van der Waals surface area (Å²) in [7, 11) is 0. The molecule has 2 heterocycles. The van der Waals surface area contributed by atoms with Crippen LogP contribution in [0.2, 0.25) is 0 Å². The summed E-state index contributed by atoms with van der Waals surface area (Å²) in [5.41, 5.74) is 2.94. The molecule has 32 heavy (non-hydrogen) atoms. The Morgan fingerprint density at radius 2 is 1.72 bits per heavy atom. The van der Waals surface area contributed by atoms with E-state index >= 15 is 0 Å². The number of pyridine rings is 1. The molecule has 1 aliphatic heterocycles. The van der Waals surface area contributed by atoms with Crippen molar-refractivity contribution in [3.8, 4) is 11.5 Å². The summed E-state index contributed by atoms with van der Waals surface area (Å²) < 4.78 is 11.9. The lowest BCUT2D eigenvalue weighted by molar-refractivity contribution is 0.0628. The topological polar surface area (TPSA) is 54.9 Å². The third kappa shape index (κ3) is 5.65. The van der Waals surface area contributed by atoms with Gasteiger partial charge >= 0.3 is 0 Å². The van der Waals surface area contributed by atoms with Gasteiger partial charge < -0.3 is 14.4 Å². The predicted octanol–water partition coefficient (Wildman–Crippen LogP) is 4.02. The van der Waals surface area contributed by atoms with Crippen LogP contribution in [-0.2, 0) is 13.2 Å². The van der Waals surface area contributed by atoms with Crippen molar-refractivity contribution in [3.05, 3.63) is 89.7 Å². The highest BCUT2D eigenvalue weighted by Crippen LogP contribution is 2.30. The van der Waals surface area contributed by atoms with E-state index in [1.807, 2.05) is 54.3 Å². The average molecular weight is 432 g/mol. The molecule has 4 rings (SSSR count). The van der Waals surface area contributed by atoms with E-state index in [1.165, 1.54) is 5.56 Å². The van der Waals surface area contributed by atoms with Crippen LogP contribution < -0.4 is 9.47 Å². The summed E-state index contributed by atoms with van der Waals surface area (Å²) in [5, 5.41) is 0. The Kier molecular flexibility index (Phi) is 7.35. The Labute approximate surface area is 189 Å². The lowest BCUT2D eigenvalue weighted by Crippen LogP contribution is -2.48. The molecule has 0 N–H and O–H groups in total. The summed E-state index contributed by atoms with van der Waals surface area (Å²) in [6.07, 6.45) is 3.31. The molecule has 0 unspecified atom stereocenters. The molecule has 0 aliphatic carbocycles. The zero-order valence-electron chi connectivity index (χ0n) is 18.4. The third-order valence-corrected chi connectivity index (χ3v) is 5.52. The summed E-state index contributed by atoms with van der Waals surface area (Å²) in [6, 6.07) is 19.9. The van der Waals surface area contributed by atoms with E-state index in [2.05, 4.69) is 22.0 Å². The highest BCUT2D eigenvalue weighted by Gasteiger charge is 2.22. The molecule has 0 atom stereocenters. The average Bonchev–Trinajstić information content (AvgIpc) is 2.85. The highest BCUT2D eigenvalue weighted by molar-refractivity contribution is 5.93. The van der Waals surface area contributed by atoms with E-state index in [9.17, 15) is 4.79 Å². The minimum Gasteiger partial charge on any atom is -0.490 e. The van der Waals surface area contributed by atoms with Gasteiger partial charge in [-0.3, -0.25) is 14.7 Å². The van der Waals surface area contributed by atoms with Gasteiger partial charge in [0.25, 0.3) is 5.91 Å². The van der Waals surface area contributed by atoms with Gasteiger partial charge in [0.1, 0.15) is 6.61 Å². The standard InChI is InChI=1S/C26H29N3O3/c1-2-31-25-17-22(10-11-24(25)32-20-21-7-4-3-5-8-21)19-28-13-15-29(16-14-28)26(30)23-9-6-12-27-18-23/h3-12,17-18H,2,13-16,19-20H2,1H3. The largest absolute Gasteiger partial charge is 0.490 e.